The van der Waals surface area contributed by atoms with Crippen LogP contribution in [0.5, 0.6) is 0 Å². The van der Waals surface area contributed by atoms with Crippen LogP contribution in [0.4, 0.5) is 4.39 Å². The number of rotatable bonds is 5. The van der Waals surface area contributed by atoms with Crippen molar-refractivity contribution >= 4 is 22.8 Å². The number of aromatic nitrogens is 1. The lowest BCUT2D eigenvalue weighted by atomic mass is 9.99. The van der Waals surface area contributed by atoms with Gasteiger partial charge in [-0.3, -0.25) is 4.79 Å². The molecule has 5 nitrogen and oxygen atoms in total. The Morgan fingerprint density at radius 1 is 1.36 bits per heavy atom. The molecule has 2 unspecified atom stereocenters. The zero-order valence-corrected chi connectivity index (χ0v) is 12.8. The molecule has 2 N–H and O–H groups in total. The first-order valence-electron chi connectivity index (χ1n) is 7.13. The highest BCUT2D eigenvalue weighted by Gasteiger charge is 2.26. The molecule has 22 heavy (non-hydrogen) atoms. The second-order valence-electron chi connectivity index (χ2n) is 5.47. The predicted molar refractivity (Wildman–Crippen MR) is 81.2 cm³/mol. The molecule has 2 aromatic rings. The van der Waals surface area contributed by atoms with Gasteiger partial charge in [0.15, 0.2) is 0 Å². The van der Waals surface area contributed by atoms with Crippen molar-refractivity contribution in [1.82, 2.24) is 9.88 Å². The fraction of sp³-hybridized carbons (Fsp3) is 0.375. The maximum Gasteiger partial charge on any atom is 0.326 e. The minimum atomic E-state index is -1.06. The van der Waals surface area contributed by atoms with Crippen LogP contribution in [-0.4, -0.2) is 27.6 Å². The molecule has 0 saturated heterocycles. The van der Waals surface area contributed by atoms with E-state index in [0.717, 1.165) is 0 Å². The van der Waals surface area contributed by atoms with Gasteiger partial charge in [-0.2, -0.15) is 0 Å². The first-order valence-corrected chi connectivity index (χ1v) is 7.13. The number of benzene rings is 1. The number of carbonyl (C=O) groups is 2. The smallest absolute Gasteiger partial charge is 0.326 e. The summed E-state index contributed by atoms with van der Waals surface area (Å²) in [4.78, 5) is 23.7. The maximum atomic E-state index is 13.3. The van der Waals surface area contributed by atoms with E-state index < -0.39 is 17.9 Å². The largest absolute Gasteiger partial charge is 0.480 e. The van der Waals surface area contributed by atoms with Crippen LogP contribution in [0, 0.1) is 11.7 Å². The fourth-order valence-corrected chi connectivity index (χ4v) is 2.44. The quantitative estimate of drug-likeness (QED) is 0.891. The third-order valence-electron chi connectivity index (χ3n) is 4.00. The summed E-state index contributed by atoms with van der Waals surface area (Å²) in [5.74, 6) is -2.11. The van der Waals surface area contributed by atoms with Crippen molar-refractivity contribution in [1.29, 1.82) is 0 Å². The molecular formula is C16H19FN2O3. The molecule has 0 saturated carbocycles. The lowest BCUT2D eigenvalue weighted by Gasteiger charge is -2.20. The van der Waals surface area contributed by atoms with Gasteiger partial charge < -0.3 is 15.0 Å². The molecule has 1 aromatic carbocycles. The monoisotopic (exact) mass is 306 g/mol. The van der Waals surface area contributed by atoms with Crippen molar-refractivity contribution in [2.45, 2.75) is 26.3 Å². The summed E-state index contributed by atoms with van der Waals surface area (Å²) in [5.41, 5.74) is 1.01. The summed E-state index contributed by atoms with van der Waals surface area (Å²) < 4.78 is 14.9. The molecule has 2 rings (SSSR count). The van der Waals surface area contributed by atoms with Gasteiger partial charge in [0.1, 0.15) is 17.6 Å². The first-order chi connectivity index (χ1) is 10.3. The lowest BCUT2D eigenvalue weighted by molar-refractivity contribution is -0.140. The Hall–Kier alpha value is -2.37. The van der Waals surface area contributed by atoms with Gasteiger partial charge in [0.25, 0.3) is 5.91 Å². The number of nitrogens with one attached hydrogen (secondary N) is 1. The average molecular weight is 306 g/mol. The number of carboxylic acid groups (broad SMARTS) is 1. The van der Waals surface area contributed by atoms with Gasteiger partial charge in [-0.1, -0.05) is 20.3 Å². The van der Waals surface area contributed by atoms with E-state index >= 15 is 0 Å². The average Bonchev–Trinajstić information content (AvgIpc) is 2.79. The Kier molecular flexibility index (Phi) is 4.49. The highest BCUT2D eigenvalue weighted by atomic mass is 19.1. The number of aryl methyl sites for hydroxylation is 1. The first kappa shape index (κ1) is 16.0. The van der Waals surface area contributed by atoms with E-state index in [1.54, 1.807) is 30.7 Å². The summed E-state index contributed by atoms with van der Waals surface area (Å²) in [7, 11) is 1.69. The fourth-order valence-electron chi connectivity index (χ4n) is 2.44. The van der Waals surface area contributed by atoms with Crippen LogP contribution in [0.25, 0.3) is 10.9 Å². The Bertz CT molecular complexity index is 723. The van der Waals surface area contributed by atoms with Crippen LogP contribution in [0.2, 0.25) is 0 Å². The normalized spacial score (nSPS) is 13.8. The third-order valence-corrected chi connectivity index (χ3v) is 4.00. The second-order valence-corrected chi connectivity index (χ2v) is 5.47. The summed E-state index contributed by atoms with van der Waals surface area (Å²) in [6, 6.07) is 4.86. The molecule has 6 heteroatoms. The van der Waals surface area contributed by atoms with Gasteiger partial charge in [-0.15, -0.1) is 0 Å². The van der Waals surface area contributed by atoms with E-state index in [1.165, 1.54) is 12.1 Å². The number of hydrogen-bond donors (Lipinski definition) is 2. The summed E-state index contributed by atoms with van der Waals surface area (Å²) in [5, 5.41) is 12.4. The third kappa shape index (κ3) is 2.95. The Morgan fingerprint density at radius 2 is 2.05 bits per heavy atom. The lowest BCUT2D eigenvalue weighted by Crippen LogP contribution is -2.45. The summed E-state index contributed by atoms with van der Waals surface area (Å²) in [6.07, 6.45) is 0.636. The predicted octanol–water partition coefficient (Wildman–Crippen LogP) is 2.55. The van der Waals surface area contributed by atoms with Gasteiger partial charge in [0.05, 0.1) is 0 Å². The molecule has 0 bridgehead atoms. The minimum absolute atomic E-state index is 0.187. The highest BCUT2D eigenvalue weighted by molar-refractivity contribution is 6.00. The summed E-state index contributed by atoms with van der Waals surface area (Å²) >= 11 is 0. The minimum Gasteiger partial charge on any atom is -0.480 e. The number of amides is 1. The molecule has 1 heterocycles. The van der Waals surface area contributed by atoms with Crippen LogP contribution in [0.3, 0.4) is 0 Å². The highest BCUT2D eigenvalue weighted by Crippen LogP contribution is 2.20. The van der Waals surface area contributed by atoms with E-state index in [9.17, 15) is 19.1 Å². The second kappa shape index (κ2) is 6.17. The topological polar surface area (TPSA) is 71.3 Å². The van der Waals surface area contributed by atoms with Crippen molar-refractivity contribution in [3.05, 3.63) is 35.8 Å². The number of carboxylic acids is 1. The van der Waals surface area contributed by atoms with Crippen LogP contribution >= 0.6 is 0 Å². The molecule has 2 atom stereocenters. The van der Waals surface area contributed by atoms with E-state index in [0.29, 0.717) is 23.0 Å². The molecule has 0 radical (unpaired) electrons. The van der Waals surface area contributed by atoms with Gasteiger partial charge in [0, 0.05) is 18.0 Å². The van der Waals surface area contributed by atoms with E-state index in [4.69, 9.17) is 0 Å². The van der Waals surface area contributed by atoms with Gasteiger partial charge in [0.2, 0.25) is 0 Å². The van der Waals surface area contributed by atoms with E-state index in [2.05, 4.69) is 5.32 Å². The van der Waals surface area contributed by atoms with Crippen molar-refractivity contribution in [2.24, 2.45) is 13.0 Å². The Morgan fingerprint density at radius 3 is 2.64 bits per heavy atom. The van der Waals surface area contributed by atoms with Crippen molar-refractivity contribution in [3.8, 4) is 0 Å². The molecule has 0 fully saturated rings. The van der Waals surface area contributed by atoms with Crippen LogP contribution in [0.1, 0.15) is 30.8 Å². The molecule has 1 aromatic heterocycles. The SMILES string of the molecule is CCC(C)C(NC(=O)c1cc2cc(F)ccc2n1C)C(=O)O. The number of halogens is 1. The standard InChI is InChI=1S/C16H19FN2O3/c1-4-9(2)14(16(21)22)18-15(20)13-8-10-7-11(17)5-6-12(10)19(13)3/h5-9,14H,4H2,1-3H3,(H,18,20)(H,21,22). The zero-order valence-electron chi connectivity index (χ0n) is 12.8. The molecule has 118 valence electrons. The van der Waals surface area contributed by atoms with Crippen molar-refractivity contribution < 1.29 is 19.1 Å². The Labute approximate surface area is 127 Å². The molecule has 1 amide bonds. The number of aliphatic carboxylic acids is 1. The Balaban J connectivity index is 2.33. The van der Waals surface area contributed by atoms with Gasteiger partial charge >= 0.3 is 5.97 Å². The van der Waals surface area contributed by atoms with E-state index in [-0.39, 0.29) is 11.7 Å². The van der Waals surface area contributed by atoms with Crippen LogP contribution in [0.15, 0.2) is 24.3 Å². The number of hydrogen-bond acceptors (Lipinski definition) is 2. The number of nitrogens with zero attached hydrogens (tertiary/aromatic N) is 1. The number of fused-ring (bicyclic) bond motifs is 1. The van der Waals surface area contributed by atoms with Crippen molar-refractivity contribution in [3.63, 3.8) is 0 Å². The zero-order chi connectivity index (χ0) is 16.4. The molecule has 0 aliphatic carbocycles. The van der Waals surface area contributed by atoms with E-state index in [1.807, 2.05) is 6.92 Å². The van der Waals surface area contributed by atoms with Gasteiger partial charge in [-0.05, 0) is 30.2 Å². The number of carbonyl (C=O) groups excluding carboxylic acids is 1. The maximum absolute atomic E-state index is 13.3. The summed E-state index contributed by atoms with van der Waals surface area (Å²) in [6.45, 7) is 3.64. The molecule has 0 aliphatic rings. The molecule has 0 spiro atoms. The van der Waals surface area contributed by atoms with Crippen molar-refractivity contribution in [2.75, 3.05) is 0 Å². The van der Waals surface area contributed by atoms with Gasteiger partial charge in [-0.25, -0.2) is 9.18 Å². The van der Waals surface area contributed by atoms with Crippen LogP contribution < -0.4 is 5.32 Å². The molecule has 0 aliphatic heterocycles. The molecular weight excluding hydrogens is 287 g/mol. The van der Waals surface area contributed by atoms with Crippen LogP contribution in [-0.2, 0) is 11.8 Å².